The van der Waals surface area contributed by atoms with Crippen molar-refractivity contribution < 1.29 is 22.7 Å². The molecule has 2 aromatic carbocycles. The summed E-state index contributed by atoms with van der Waals surface area (Å²) < 4.78 is 43.1. The van der Waals surface area contributed by atoms with Crippen molar-refractivity contribution in [3.63, 3.8) is 0 Å². The van der Waals surface area contributed by atoms with E-state index < -0.39 is 11.7 Å². The third kappa shape index (κ3) is 3.69. The Morgan fingerprint density at radius 1 is 1.04 bits per heavy atom. The molecule has 1 aliphatic heterocycles. The van der Waals surface area contributed by atoms with Gasteiger partial charge in [-0.1, -0.05) is 18.2 Å². The number of anilines is 1. The number of amides is 1. The third-order valence-electron chi connectivity index (χ3n) is 4.34. The minimum absolute atomic E-state index is 0.0619. The predicted molar refractivity (Wildman–Crippen MR) is 89.4 cm³/mol. The normalized spacial score (nSPS) is 14.6. The molecule has 0 spiro atoms. The van der Waals surface area contributed by atoms with Crippen LogP contribution < -0.4 is 4.90 Å². The number of fused-ring (bicyclic) bond motifs is 1. The summed E-state index contributed by atoms with van der Waals surface area (Å²) in [5, 5.41) is 0. The summed E-state index contributed by atoms with van der Waals surface area (Å²) in [5.41, 5.74) is 2.77. The minimum atomic E-state index is -4.34. The Kier molecular flexibility index (Phi) is 4.81. The molecule has 132 valence electrons. The van der Waals surface area contributed by atoms with Crippen molar-refractivity contribution in [3.05, 3.63) is 53.6 Å². The summed E-state index contributed by atoms with van der Waals surface area (Å²) in [5.74, 6) is 0.0619. The van der Waals surface area contributed by atoms with Gasteiger partial charge in [-0.3, -0.25) is 4.79 Å². The van der Waals surface area contributed by atoms with Gasteiger partial charge in [-0.05, 0) is 47.4 Å². The maximum absolute atomic E-state index is 12.7. The van der Waals surface area contributed by atoms with Gasteiger partial charge in [0, 0.05) is 25.8 Å². The molecule has 0 saturated heterocycles. The Morgan fingerprint density at radius 2 is 1.72 bits per heavy atom. The quantitative estimate of drug-likeness (QED) is 0.824. The molecule has 0 fully saturated rings. The van der Waals surface area contributed by atoms with E-state index in [1.165, 1.54) is 12.1 Å². The Morgan fingerprint density at radius 3 is 2.36 bits per heavy atom. The van der Waals surface area contributed by atoms with Crippen LogP contribution in [0.2, 0.25) is 0 Å². The molecule has 0 saturated carbocycles. The summed E-state index contributed by atoms with van der Waals surface area (Å²) in [6, 6.07) is 10.8. The van der Waals surface area contributed by atoms with E-state index in [2.05, 4.69) is 0 Å². The zero-order chi connectivity index (χ0) is 18.0. The van der Waals surface area contributed by atoms with E-state index in [9.17, 15) is 18.0 Å². The van der Waals surface area contributed by atoms with E-state index in [4.69, 9.17) is 4.74 Å². The van der Waals surface area contributed by atoms with Crippen molar-refractivity contribution in [1.82, 2.24) is 0 Å². The van der Waals surface area contributed by atoms with E-state index in [1.807, 2.05) is 18.2 Å². The number of carbonyl (C=O) groups is 1. The highest BCUT2D eigenvalue weighted by Crippen LogP contribution is 2.34. The van der Waals surface area contributed by atoms with Crippen LogP contribution in [0.5, 0.6) is 0 Å². The fraction of sp³-hybridized carbons (Fsp3) is 0.316. The number of benzene rings is 2. The molecule has 25 heavy (non-hydrogen) atoms. The first kappa shape index (κ1) is 17.5. The number of ether oxygens (including phenoxy) is 1. The molecule has 0 radical (unpaired) electrons. The summed E-state index contributed by atoms with van der Waals surface area (Å²) >= 11 is 0. The summed E-state index contributed by atoms with van der Waals surface area (Å²) in [4.78, 5) is 13.8. The first-order valence-electron chi connectivity index (χ1n) is 8.00. The lowest BCUT2D eigenvalue weighted by Crippen LogP contribution is -2.37. The highest BCUT2D eigenvalue weighted by molar-refractivity contribution is 5.96. The Hall–Kier alpha value is -2.34. The third-order valence-corrected chi connectivity index (χ3v) is 4.34. The van der Waals surface area contributed by atoms with E-state index in [-0.39, 0.29) is 5.91 Å². The van der Waals surface area contributed by atoms with Crippen LogP contribution in [0.15, 0.2) is 42.5 Å². The van der Waals surface area contributed by atoms with Gasteiger partial charge in [-0.2, -0.15) is 13.2 Å². The number of hydrogen-bond donors (Lipinski definition) is 0. The average molecular weight is 349 g/mol. The molecule has 0 aliphatic carbocycles. The fourth-order valence-electron chi connectivity index (χ4n) is 3.02. The molecule has 0 atom stereocenters. The molecular weight excluding hydrogens is 331 g/mol. The molecule has 6 heteroatoms. The number of aryl methyl sites for hydroxylation is 1. The van der Waals surface area contributed by atoms with Crippen LogP contribution in [0, 0.1) is 0 Å². The van der Waals surface area contributed by atoms with E-state index in [1.54, 1.807) is 12.0 Å². The maximum Gasteiger partial charge on any atom is 0.416 e. The molecule has 0 N–H and O–H groups in total. The van der Waals surface area contributed by atoms with Crippen LogP contribution in [0.25, 0.3) is 11.1 Å². The number of rotatable bonds is 4. The van der Waals surface area contributed by atoms with Gasteiger partial charge in [0.05, 0.1) is 12.2 Å². The Labute approximate surface area is 144 Å². The zero-order valence-corrected chi connectivity index (χ0v) is 13.8. The van der Waals surface area contributed by atoms with Crippen molar-refractivity contribution >= 4 is 11.6 Å². The summed E-state index contributed by atoms with van der Waals surface area (Å²) in [6.07, 6.45) is -3.28. The first-order chi connectivity index (χ1) is 11.9. The van der Waals surface area contributed by atoms with Gasteiger partial charge in [-0.15, -0.1) is 0 Å². The summed E-state index contributed by atoms with van der Waals surface area (Å²) in [7, 11) is 1.59. The lowest BCUT2D eigenvalue weighted by Gasteiger charge is -2.29. The second-order valence-corrected chi connectivity index (χ2v) is 5.96. The number of alkyl halides is 3. The molecule has 2 aromatic rings. The van der Waals surface area contributed by atoms with Crippen LogP contribution in [0.4, 0.5) is 18.9 Å². The van der Waals surface area contributed by atoms with Crippen LogP contribution in [-0.4, -0.2) is 26.2 Å². The highest BCUT2D eigenvalue weighted by atomic mass is 19.4. The van der Waals surface area contributed by atoms with Crippen molar-refractivity contribution in [3.8, 4) is 11.1 Å². The zero-order valence-electron chi connectivity index (χ0n) is 13.8. The van der Waals surface area contributed by atoms with Crippen LogP contribution in [0.1, 0.15) is 17.5 Å². The largest absolute Gasteiger partial charge is 0.416 e. The molecule has 1 aliphatic rings. The van der Waals surface area contributed by atoms with Gasteiger partial charge in [0.15, 0.2) is 0 Å². The number of methoxy groups -OCH3 is 1. The predicted octanol–water partition coefficient (Wildman–Crippen LogP) is 4.30. The SMILES string of the molecule is COCCN1C(=O)CCc2cc(-c3ccc(C(F)(F)F)cc3)ccc21. The second kappa shape index (κ2) is 6.88. The van der Waals surface area contributed by atoms with E-state index in [0.29, 0.717) is 26.0 Å². The van der Waals surface area contributed by atoms with Crippen LogP contribution in [-0.2, 0) is 22.1 Å². The van der Waals surface area contributed by atoms with Gasteiger partial charge < -0.3 is 9.64 Å². The molecular formula is C19H18F3NO2. The topological polar surface area (TPSA) is 29.5 Å². The Bertz CT molecular complexity index is 769. The van der Waals surface area contributed by atoms with Crippen molar-refractivity contribution in [1.29, 1.82) is 0 Å². The molecule has 1 amide bonds. The molecule has 3 nitrogen and oxygen atoms in total. The molecule has 1 heterocycles. The van der Waals surface area contributed by atoms with Gasteiger partial charge >= 0.3 is 6.18 Å². The molecule has 0 bridgehead atoms. The van der Waals surface area contributed by atoms with Gasteiger partial charge in [0.2, 0.25) is 5.91 Å². The number of carbonyl (C=O) groups excluding carboxylic acids is 1. The molecule has 3 rings (SSSR count). The number of halogens is 3. The van der Waals surface area contributed by atoms with Gasteiger partial charge in [0.1, 0.15) is 0 Å². The van der Waals surface area contributed by atoms with E-state index in [0.717, 1.165) is 34.5 Å². The average Bonchev–Trinajstić information content (AvgIpc) is 2.60. The van der Waals surface area contributed by atoms with Crippen molar-refractivity contribution in [2.24, 2.45) is 0 Å². The lowest BCUT2D eigenvalue weighted by molar-refractivity contribution is -0.137. The number of hydrogen-bond acceptors (Lipinski definition) is 2. The minimum Gasteiger partial charge on any atom is -0.383 e. The van der Waals surface area contributed by atoms with Crippen molar-refractivity contribution in [2.75, 3.05) is 25.2 Å². The van der Waals surface area contributed by atoms with Gasteiger partial charge in [0.25, 0.3) is 0 Å². The first-order valence-corrected chi connectivity index (χ1v) is 8.00. The maximum atomic E-state index is 12.7. The lowest BCUT2D eigenvalue weighted by atomic mass is 9.95. The molecule has 0 unspecified atom stereocenters. The fourth-order valence-corrected chi connectivity index (χ4v) is 3.02. The van der Waals surface area contributed by atoms with Crippen LogP contribution in [0.3, 0.4) is 0 Å². The second-order valence-electron chi connectivity index (χ2n) is 5.96. The van der Waals surface area contributed by atoms with Gasteiger partial charge in [-0.25, -0.2) is 0 Å². The number of nitrogens with zero attached hydrogens (tertiary/aromatic N) is 1. The van der Waals surface area contributed by atoms with Crippen molar-refractivity contribution in [2.45, 2.75) is 19.0 Å². The monoisotopic (exact) mass is 349 g/mol. The van der Waals surface area contributed by atoms with E-state index >= 15 is 0 Å². The summed E-state index contributed by atoms with van der Waals surface area (Å²) in [6.45, 7) is 0.938. The smallest absolute Gasteiger partial charge is 0.383 e. The standard InChI is InChI=1S/C19H18F3NO2/c1-25-11-10-23-17-8-4-14(12-15(17)5-9-18(23)24)13-2-6-16(7-3-13)19(20,21)22/h2-4,6-8,12H,5,9-11H2,1H3. The highest BCUT2D eigenvalue weighted by Gasteiger charge is 2.30. The Balaban J connectivity index is 1.89. The van der Waals surface area contributed by atoms with Crippen LogP contribution >= 0.6 is 0 Å². The molecule has 0 aromatic heterocycles.